The Morgan fingerprint density at radius 2 is 2.11 bits per heavy atom. The van der Waals surface area contributed by atoms with Gasteiger partial charge in [-0.3, -0.25) is 4.79 Å². The standard InChI is InChI=1S/C15H21ClN2O/c1-10(11-5-7-12(16)8-6-11)18-14(19)15(2)9-3-4-13(15)17/h5-8,10,13H,3-4,9,17H2,1-2H3,(H,18,19). The largest absolute Gasteiger partial charge is 0.349 e. The Bertz CT molecular complexity index is 460. The van der Waals surface area contributed by atoms with Crippen molar-refractivity contribution in [3.8, 4) is 0 Å². The molecule has 1 aromatic rings. The van der Waals surface area contributed by atoms with Crippen LogP contribution in [0.1, 0.15) is 44.7 Å². The fraction of sp³-hybridized carbons (Fsp3) is 0.533. The van der Waals surface area contributed by atoms with Crippen LogP contribution >= 0.6 is 11.6 Å². The van der Waals surface area contributed by atoms with Crippen molar-refractivity contribution in [1.82, 2.24) is 5.32 Å². The number of benzene rings is 1. The van der Waals surface area contributed by atoms with Crippen LogP contribution < -0.4 is 11.1 Å². The Morgan fingerprint density at radius 3 is 2.63 bits per heavy atom. The maximum atomic E-state index is 12.4. The highest BCUT2D eigenvalue weighted by Gasteiger charge is 2.43. The third-order valence-electron chi connectivity index (χ3n) is 4.27. The van der Waals surface area contributed by atoms with Crippen molar-refractivity contribution in [2.24, 2.45) is 11.1 Å². The Balaban J connectivity index is 2.04. The molecule has 0 aliphatic heterocycles. The number of carbonyl (C=O) groups is 1. The van der Waals surface area contributed by atoms with Crippen LogP contribution in [0.2, 0.25) is 5.02 Å². The molecule has 19 heavy (non-hydrogen) atoms. The van der Waals surface area contributed by atoms with Crippen molar-refractivity contribution >= 4 is 17.5 Å². The molecule has 1 amide bonds. The first-order valence-electron chi connectivity index (χ1n) is 6.75. The zero-order valence-corrected chi connectivity index (χ0v) is 12.2. The van der Waals surface area contributed by atoms with E-state index >= 15 is 0 Å². The van der Waals surface area contributed by atoms with Gasteiger partial charge in [0.1, 0.15) is 0 Å². The summed E-state index contributed by atoms with van der Waals surface area (Å²) in [5.74, 6) is 0.0555. The summed E-state index contributed by atoms with van der Waals surface area (Å²) in [4.78, 5) is 12.4. The molecular formula is C15H21ClN2O. The van der Waals surface area contributed by atoms with Gasteiger partial charge in [0.25, 0.3) is 0 Å². The topological polar surface area (TPSA) is 55.1 Å². The number of carbonyl (C=O) groups excluding carboxylic acids is 1. The van der Waals surface area contributed by atoms with Gasteiger partial charge in [-0.15, -0.1) is 0 Å². The van der Waals surface area contributed by atoms with Crippen LogP contribution in [0.3, 0.4) is 0 Å². The van der Waals surface area contributed by atoms with Gasteiger partial charge in [0.2, 0.25) is 5.91 Å². The van der Waals surface area contributed by atoms with Crippen molar-refractivity contribution in [1.29, 1.82) is 0 Å². The average molecular weight is 281 g/mol. The Hall–Kier alpha value is -1.06. The number of hydrogen-bond acceptors (Lipinski definition) is 2. The Labute approximate surface area is 119 Å². The molecule has 3 nitrogen and oxygen atoms in total. The zero-order chi connectivity index (χ0) is 14.0. The number of hydrogen-bond donors (Lipinski definition) is 2. The highest BCUT2D eigenvalue weighted by molar-refractivity contribution is 6.30. The van der Waals surface area contributed by atoms with Gasteiger partial charge in [-0.25, -0.2) is 0 Å². The van der Waals surface area contributed by atoms with Gasteiger partial charge in [0.05, 0.1) is 11.5 Å². The summed E-state index contributed by atoms with van der Waals surface area (Å²) in [6.45, 7) is 3.94. The highest BCUT2D eigenvalue weighted by atomic mass is 35.5. The predicted molar refractivity (Wildman–Crippen MR) is 77.9 cm³/mol. The van der Waals surface area contributed by atoms with E-state index in [-0.39, 0.29) is 18.0 Å². The van der Waals surface area contributed by atoms with E-state index in [1.54, 1.807) is 0 Å². The lowest BCUT2D eigenvalue weighted by atomic mass is 9.84. The van der Waals surface area contributed by atoms with E-state index in [9.17, 15) is 4.79 Å². The molecule has 0 aromatic heterocycles. The quantitative estimate of drug-likeness (QED) is 0.894. The van der Waals surface area contributed by atoms with Crippen LogP contribution in [0, 0.1) is 5.41 Å². The zero-order valence-electron chi connectivity index (χ0n) is 11.4. The van der Waals surface area contributed by atoms with E-state index in [0.717, 1.165) is 24.8 Å². The summed E-state index contributed by atoms with van der Waals surface area (Å²) in [6, 6.07) is 7.47. The molecule has 0 radical (unpaired) electrons. The minimum atomic E-state index is -0.430. The molecule has 1 fully saturated rings. The minimum absolute atomic E-state index is 0.0330. The molecular weight excluding hydrogens is 260 g/mol. The van der Waals surface area contributed by atoms with E-state index < -0.39 is 5.41 Å². The van der Waals surface area contributed by atoms with Gasteiger partial charge in [-0.1, -0.05) is 30.2 Å². The summed E-state index contributed by atoms with van der Waals surface area (Å²) < 4.78 is 0. The molecule has 0 bridgehead atoms. The molecule has 3 unspecified atom stereocenters. The predicted octanol–water partition coefficient (Wildman–Crippen LogP) is 3.03. The molecule has 1 saturated carbocycles. The van der Waals surface area contributed by atoms with E-state index in [2.05, 4.69) is 5.32 Å². The normalized spacial score (nSPS) is 28.1. The van der Waals surface area contributed by atoms with Gasteiger partial charge in [0, 0.05) is 11.1 Å². The van der Waals surface area contributed by atoms with Gasteiger partial charge in [0.15, 0.2) is 0 Å². The lowest BCUT2D eigenvalue weighted by Crippen LogP contribution is -2.47. The second kappa shape index (κ2) is 5.51. The average Bonchev–Trinajstić information content (AvgIpc) is 2.71. The molecule has 1 aliphatic carbocycles. The Morgan fingerprint density at radius 1 is 1.47 bits per heavy atom. The molecule has 0 spiro atoms. The summed E-state index contributed by atoms with van der Waals surface area (Å²) >= 11 is 5.86. The second-order valence-electron chi connectivity index (χ2n) is 5.66. The number of nitrogens with one attached hydrogen (secondary N) is 1. The van der Waals surface area contributed by atoms with Gasteiger partial charge >= 0.3 is 0 Å². The van der Waals surface area contributed by atoms with E-state index in [4.69, 9.17) is 17.3 Å². The van der Waals surface area contributed by atoms with Crippen molar-refractivity contribution in [2.45, 2.75) is 45.2 Å². The highest BCUT2D eigenvalue weighted by Crippen LogP contribution is 2.37. The van der Waals surface area contributed by atoms with Crippen LogP contribution in [0.4, 0.5) is 0 Å². The molecule has 1 aliphatic rings. The Kier molecular flexibility index (Phi) is 4.16. The van der Waals surface area contributed by atoms with E-state index in [1.807, 2.05) is 38.1 Å². The van der Waals surface area contributed by atoms with Crippen molar-refractivity contribution in [3.05, 3.63) is 34.9 Å². The molecule has 1 aromatic carbocycles. The summed E-state index contributed by atoms with van der Waals surface area (Å²) in [5.41, 5.74) is 6.69. The minimum Gasteiger partial charge on any atom is -0.349 e. The van der Waals surface area contributed by atoms with Crippen LogP contribution in [0.15, 0.2) is 24.3 Å². The van der Waals surface area contributed by atoms with Crippen LogP contribution in [-0.4, -0.2) is 11.9 Å². The maximum Gasteiger partial charge on any atom is 0.227 e. The van der Waals surface area contributed by atoms with Crippen molar-refractivity contribution in [2.75, 3.05) is 0 Å². The van der Waals surface area contributed by atoms with Gasteiger partial charge < -0.3 is 11.1 Å². The second-order valence-corrected chi connectivity index (χ2v) is 6.10. The first kappa shape index (κ1) is 14.4. The molecule has 4 heteroatoms. The lowest BCUT2D eigenvalue weighted by Gasteiger charge is -2.29. The monoisotopic (exact) mass is 280 g/mol. The van der Waals surface area contributed by atoms with Gasteiger partial charge in [-0.2, -0.15) is 0 Å². The molecule has 0 saturated heterocycles. The van der Waals surface area contributed by atoms with Crippen LogP contribution in [-0.2, 0) is 4.79 Å². The smallest absolute Gasteiger partial charge is 0.227 e. The number of rotatable bonds is 3. The molecule has 2 rings (SSSR count). The van der Waals surface area contributed by atoms with Crippen molar-refractivity contribution in [3.63, 3.8) is 0 Å². The summed E-state index contributed by atoms with van der Waals surface area (Å²) in [6.07, 6.45) is 2.83. The van der Waals surface area contributed by atoms with E-state index in [1.165, 1.54) is 0 Å². The first-order chi connectivity index (χ1) is 8.93. The lowest BCUT2D eigenvalue weighted by molar-refractivity contribution is -0.131. The maximum absolute atomic E-state index is 12.4. The third kappa shape index (κ3) is 2.93. The van der Waals surface area contributed by atoms with Crippen LogP contribution in [0.25, 0.3) is 0 Å². The van der Waals surface area contributed by atoms with E-state index in [0.29, 0.717) is 5.02 Å². The fourth-order valence-electron chi connectivity index (χ4n) is 2.67. The number of amides is 1. The van der Waals surface area contributed by atoms with Gasteiger partial charge in [-0.05, 0) is 44.4 Å². The summed E-state index contributed by atoms with van der Waals surface area (Å²) in [5, 5.41) is 3.77. The molecule has 3 N–H and O–H groups in total. The summed E-state index contributed by atoms with van der Waals surface area (Å²) in [7, 11) is 0. The molecule has 0 heterocycles. The number of nitrogens with two attached hydrogens (primary N) is 1. The SMILES string of the molecule is CC(NC(=O)C1(C)CCCC1N)c1ccc(Cl)cc1. The number of halogens is 1. The third-order valence-corrected chi connectivity index (χ3v) is 4.52. The molecule has 104 valence electrons. The molecule has 3 atom stereocenters. The first-order valence-corrected chi connectivity index (χ1v) is 7.13. The van der Waals surface area contributed by atoms with Crippen LogP contribution in [0.5, 0.6) is 0 Å². The van der Waals surface area contributed by atoms with Crippen molar-refractivity contribution < 1.29 is 4.79 Å². The fourth-order valence-corrected chi connectivity index (χ4v) is 2.80.